The highest BCUT2D eigenvalue weighted by Gasteiger charge is 2.29. The van der Waals surface area contributed by atoms with Crippen LogP contribution in [0.3, 0.4) is 0 Å². The number of sulfonamides is 1. The van der Waals surface area contributed by atoms with Crippen molar-refractivity contribution in [1.82, 2.24) is 9.21 Å². The van der Waals surface area contributed by atoms with Gasteiger partial charge in [-0.3, -0.25) is 9.69 Å². The minimum atomic E-state index is -3.54. The van der Waals surface area contributed by atoms with Crippen LogP contribution in [0.25, 0.3) is 0 Å². The molecule has 1 saturated heterocycles. The molecule has 1 fully saturated rings. The van der Waals surface area contributed by atoms with Gasteiger partial charge in [0.05, 0.1) is 16.5 Å². The molecule has 9 heteroatoms. The maximum atomic E-state index is 13.4. The number of halogens is 2. The van der Waals surface area contributed by atoms with Crippen molar-refractivity contribution in [3.8, 4) is 0 Å². The molecular formula is C19H21ClFN3O3S. The van der Waals surface area contributed by atoms with Gasteiger partial charge in [-0.05, 0) is 37.3 Å². The third-order valence-corrected chi connectivity index (χ3v) is 6.78. The van der Waals surface area contributed by atoms with Crippen LogP contribution in [0.2, 0.25) is 5.02 Å². The van der Waals surface area contributed by atoms with Crippen molar-refractivity contribution in [2.75, 3.05) is 38.0 Å². The summed E-state index contributed by atoms with van der Waals surface area (Å²) in [6.45, 7) is 3.49. The van der Waals surface area contributed by atoms with Crippen LogP contribution in [0.4, 0.5) is 10.1 Å². The number of aryl methyl sites for hydroxylation is 1. The molecule has 2 aromatic rings. The Bertz CT molecular complexity index is 959. The van der Waals surface area contributed by atoms with Gasteiger partial charge in [0.15, 0.2) is 0 Å². The van der Waals surface area contributed by atoms with Gasteiger partial charge in [0.2, 0.25) is 15.9 Å². The lowest BCUT2D eigenvalue weighted by molar-refractivity contribution is -0.117. The van der Waals surface area contributed by atoms with E-state index in [2.05, 4.69) is 5.32 Å². The van der Waals surface area contributed by atoms with Gasteiger partial charge in [-0.2, -0.15) is 4.31 Å². The lowest BCUT2D eigenvalue weighted by Crippen LogP contribution is -2.50. The van der Waals surface area contributed by atoms with Crippen LogP contribution in [0.5, 0.6) is 0 Å². The zero-order chi connectivity index (χ0) is 20.3. The molecule has 1 heterocycles. The Labute approximate surface area is 168 Å². The topological polar surface area (TPSA) is 69.7 Å². The number of benzene rings is 2. The van der Waals surface area contributed by atoms with E-state index in [4.69, 9.17) is 11.6 Å². The first kappa shape index (κ1) is 20.7. The van der Waals surface area contributed by atoms with E-state index >= 15 is 0 Å². The van der Waals surface area contributed by atoms with Crippen molar-refractivity contribution in [3.63, 3.8) is 0 Å². The summed E-state index contributed by atoms with van der Waals surface area (Å²) in [5.41, 5.74) is 1.32. The van der Waals surface area contributed by atoms with Gasteiger partial charge in [-0.25, -0.2) is 12.8 Å². The van der Waals surface area contributed by atoms with Crippen molar-refractivity contribution < 1.29 is 17.6 Å². The molecule has 0 saturated carbocycles. The second-order valence-electron chi connectivity index (χ2n) is 6.67. The molecule has 150 valence electrons. The van der Waals surface area contributed by atoms with E-state index in [1.807, 2.05) is 11.8 Å². The summed E-state index contributed by atoms with van der Waals surface area (Å²) in [7, 11) is -3.54. The number of nitrogens with one attached hydrogen (secondary N) is 1. The van der Waals surface area contributed by atoms with Crippen LogP contribution >= 0.6 is 11.6 Å². The van der Waals surface area contributed by atoms with Gasteiger partial charge in [-0.1, -0.05) is 29.3 Å². The molecule has 0 bridgehead atoms. The first-order valence-electron chi connectivity index (χ1n) is 8.80. The molecule has 0 radical (unpaired) electrons. The van der Waals surface area contributed by atoms with Gasteiger partial charge in [0, 0.05) is 31.9 Å². The minimum absolute atomic E-state index is 0.0103. The third kappa shape index (κ3) is 4.88. The highest BCUT2D eigenvalue weighted by Crippen LogP contribution is 2.20. The molecule has 0 aliphatic carbocycles. The van der Waals surface area contributed by atoms with Gasteiger partial charge in [0.1, 0.15) is 5.82 Å². The smallest absolute Gasteiger partial charge is 0.243 e. The fourth-order valence-corrected chi connectivity index (χ4v) is 4.50. The number of carbonyl (C=O) groups excluding carboxylic acids is 1. The Hall–Kier alpha value is -2.00. The quantitative estimate of drug-likeness (QED) is 0.799. The highest BCUT2D eigenvalue weighted by atomic mass is 35.5. The van der Waals surface area contributed by atoms with Crippen LogP contribution < -0.4 is 5.32 Å². The molecular weight excluding hydrogens is 405 g/mol. The van der Waals surface area contributed by atoms with Crippen molar-refractivity contribution in [2.24, 2.45) is 0 Å². The summed E-state index contributed by atoms with van der Waals surface area (Å²) in [5.74, 6) is -0.897. The van der Waals surface area contributed by atoms with Gasteiger partial charge in [-0.15, -0.1) is 0 Å². The number of amides is 1. The number of piperazine rings is 1. The van der Waals surface area contributed by atoms with Gasteiger partial charge < -0.3 is 5.32 Å². The van der Waals surface area contributed by atoms with Crippen LogP contribution in [0, 0.1) is 12.7 Å². The fourth-order valence-electron chi connectivity index (χ4n) is 2.96. The maximum absolute atomic E-state index is 13.4. The van der Waals surface area contributed by atoms with Crippen molar-refractivity contribution in [1.29, 1.82) is 0 Å². The second-order valence-corrected chi connectivity index (χ2v) is 9.02. The van der Waals surface area contributed by atoms with Gasteiger partial charge >= 0.3 is 0 Å². The monoisotopic (exact) mass is 425 g/mol. The first-order valence-corrected chi connectivity index (χ1v) is 10.6. The average Bonchev–Trinajstić information content (AvgIpc) is 2.65. The maximum Gasteiger partial charge on any atom is 0.243 e. The fraction of sp³-hybridized carbons (Fsp3) is 0.316. The standard InChI is InChI=1S/C19H21ClFN3O3S/c1-14-2-5-16(6-3-14)28(26,27)24-10-8-23(9-11-24)13-19(25)22-15-4-7-17(20)18(21)12-15/h2-7,12H,8-11,13H2,1H3,(H,22,25). The molecule has 1 amide bonds. The van der Waals surface area contributed by atoms with Crippen molar-refractivity contribution in [3.05, 3.63) is 58.9 Å². The Balaban J connectivity index is 1.54. The van der Waals surface area contributed by atoms with Crippen LogP contribution in [0.1, 0.15) is 5.56 Å². The van der Waals surface area contributed by atoms with Crippen molar-refractivity contribution >= 4 is 33.2 Å². The highest BCUT2D eigenvalue weighted by molar-refractivity contribution is 7.89. The number of hydrogen-bond donors (Lipinski definition) is 1. The Morgan fingerprint density at radius 3 is 2.36 bits per heavy atom. The van der Waals surface area contributed by atoms with E-state index < -0.39 is 15.8 Å². The number of anilines is 1. The lowest BCUT2D eigenvalue weighted by Gasteiger charge is -2.33. The Kier molecular flexibility index (Phi) is 6.34. The van der Waals surface area contributed by atoms with Crippen LogP contribution in [0.15, 0.2) is 47.4 Å². The summed E-state index contributed by atoms with van der Waals surface area (Å²) >= 11 is 5.63. The predicted octanol–water partition coefficient (Wildman–Crippen LogP) is 2.73. The zero-order valence-corrected chi connectivity index (χ0v) is 16.9. The molecule has 6 nitrogen and oxygen atoms in total. The number of carbonyl (C=O) groups is 1. The number of rotatable bonds is 5. The summed E-state index contributed by atoms with van der Waals surface area (Å²) in [6.07, 6.45) is 0. The van der Waals surface area contributed by atoms with Crippen LogP contribution in [-0.2, 0) is 14.8 Å². The van der Waals surface area contributed by atoms with E-state index in [-0.39, 0.29) is 22.4 Å². The summed E-state index contributed by atoms with van der Waals surface area (Å²) in [5, 5.41) is 2.61. The number of nitrogens with zero attached hydrogens (tertiary/aromatic N) is 2. The number of hydrogen-bond acceptors (Lipinski definition) is 4. The van der Waals surface area contributed by atoms with E-state index in [0.717, 1.165) is 11.6 Å². The molecule has 0 atom stereocenters. The SMILES string of the molecule is Cc1ccc(S(=O)(=O)N2CCN(CC(=O)Nc3ccc(Cl)c(F)c3)CC2)cc1. The summed E-state index contributed by atoms with van der Waals surface area (Å²) in [4.78, 5) is 14.3. The molecule has 3 rings (SSSR count). The molecule has 0 spiro atoms. The molecule has 28 heavy (non-hydrogen) atoms. The van der Waals surface area contributed by atoms with E-state index in [9.17, 15) is 17.6 Å². The van der Waals surface area contributed by atoms with E-state index in [1.54, 1.807) is 24.3 Å². The van der Waals surface area contributed by atoms with E-state index in [1.165, 1.54) is 16.4 Å². The summed E-state index contributed by atoms with van der Waals surface area (Å²) < 4.78 is 40.3. The molecule has 0 aromatic heterocycles. The van der Waals surface area contributed by atoms with Gasteiger partial charge in [0.25, 0.3) is 0 Å². The average molecular weight is 426 g/mol. The molecule has 1 N–H and O–H groups in total. The molecule has 2 aromatic carbocycles. The predicted molar refractivity (Wildman–Crippen MR) is 106 cm³/mol. The zero-order valence-electron chi connectivity index (χ0n) is 15.4. The molecule has 1 aliphatic rings. The second kappa shape index (κ2) is 8.57. The minimum Gasteiger partial charge on any atom is -0.325 e. The first-order chi connectivity index (χ1) is 13.3. The van der Waals surface area contributed by atoms with Crippen molar-refractivity contribution in [2.45, 2.75) is 11.8 Å². The largest absolute Gasteiger partial charge is 0.325 e. The third-order valence-electron chi connectivity index (χ3n) is 4.56. The molecule has 1 aliphatic heterocycles. The van der Waals surface area contributed by atoms with E-state index in [0.29, 0.717) is 31.9 Å². The normalized spacial score (nSPS) is 16.1. The molecule has 0 unspecified atom stereocenters. The lowest BCUT2D eigenvalue weighted by atomic mass is 10.2. The Morgan fingerprint density at radius 2 is 1.75 bits per heavy atom. The Morgan fingerprint density at radius 1 is 1.11 bits per heavy atom. The van der Waals surface area contributed by atoms with Crippen LogP contribution in [-0.4, -0.2) is 56.3 Å². The summed E-state index contributed by atoms with van der Waals surface area (Å²) in [6, 6.07) is 10.8.